The smallest absolute Gasteiger partial charge is 0.251 e. The van der Waals surface area contributed by atoms with Crippen LogP contribution in [0.2, 0.25) is 0 Å². The Hall–Kier alpha value is -4.11. The van der Waals surface area contributed by atoms with Gasteiger partial charge in [0.25, 0.3) is 5.91 Å². The second-order valence-corrected chi connectivity index (χ2v) is 10.1. The van der Waals surface area contributed by atoms with E-state index < -0.39 is 29.1 Å². The summed E-state index contributed by atoms with van der Waals surface area (Å²) in [5.41, 5.74) is 2.10. The Morgan fingerprint density at radius 3 is 2.30 bits per heavy atom. The lowest BCUT2D eigenvalue weighted by atomic mass is 10.0. The molecule has 1 fully saturated rings. The van der Waals surface area contributed by atoms with Gasteiger partial charge in [0, 0.05) is 17.0 Å². The molecule has 2 heterocycles. The minimum absolute atomic E-state index is 0.187. The van der Waals surface area contributed by atoms with Crippen LogP contribution in [0.25, 0.3) is 0 Å². The number of nitrogens with one attached hydrogen (secondary N) is 3. The number of carbonyl (C=O) groups is 4. The highest BCUT2D eigenvalue weighted by molar-refractivity contribution is 7.99. The van der Waals surface area contributed by atoms with Gasteiger partial charge in [-0.3, -0.25) is 19.2 Å². The van der Waals surface area contributed by atoms with E-state index >= 15 is 0 Å². The highest BCUT2D eigenvalue weighted by atomic mass is 32.2. The normalized spacial score (nSPS) is 21.0. The summed E-state index contributed by atoms with van der Waals surface area (Å²) in [6, 6.07) is 24.3. The van der Waals surface area contributed by atoms with Crippen molar-refractivity contribution in [3.63, 3.8) is 0 Å². The zero-order chi connectivity index (χ0) is 25.8. The molecular weight excluding hydrogens is 488 g/mol. The van der Waals surface area contributed by atoms with Gasteiger partial charge in [-0.15, -0.1) is 11.8 Å². The number of fused-ring (bicyclic) bond motifs is 1. The lowest BCUT2D eigenvalue weighted by Crippen LogP contribution is -2.55. The summed E-state index contributed by atoms with van der Waals surface area (Å²) in [5.74, 6) is -1.35. The van der Waals surface area contributed by atoms with Crippen LogP contribution < -0.4 is 20.9 Å². The zero-order valence-electron chi connectivity index (χ0n) is 19.9. The van der Waals surface area contributed by atoms with Gasteiger partial charge in [-0.05, 0) is 36.2 Å². The minimum atomic E-state index is -0.964. The minimum Gasteiger partial charge on any atom is -0.344 e. The molecule has 8 nitrogen and oxygen atoms in total. The molecule has 2 aliphatic rings. The maximum atomic E-state index is 14.1. The van der Waals surface area contributed by atoms with Crippen molar-refractivity contribution >= 4 is 46.8 Å². The van der Waals surface area contributed by atoms with Crippen LogP contribution in [0, 0.1) is 0 Å². The molecule has 0 spiro atoms. The predicted molar refractivity (Wildman–Crippen MR) is 142 cm³/mol. The Morgan fingerprint density at radius 2 is 1.59 bits per heavy atom. The monoisotopic (exact) mass is 514 g/mol. The third-order valence-corrected chi connectivity index (χ3v) is 7.74. The molecule has 3 N–H and O–H groups in total. The molecule has 37 heavy (non-hydrogen) atoms. The molecule has 0 aromatic heterocycles. The van der Waals surface area contributed by atoms with Gasteiger partial charge in [0.15, 0.2) is 0 Å². The molecule has 0 bridgehead atoms. The van der Waals surface area contributed by atoms with Crippen molar-refractivity contribution in [2.75, 3.05) is 16.8 Å². The Bertz CT molecular complexity index is 1320. The van der Waals surface area contributed by atoms with Crippen LogP contribution >= 0.6 is 11.8 Å². The maximum Gasteiger partial charge on any atom is 0.251 e. The summed E-state index contributed by atoms with van der Waals surface area (Å²) < 4.78 is 0. The summed E-state index contributed by atoms with van der Waals surface area (Å²) in [6.45, 7) is -0.223. The molecule has 4 amide bonds. The van der Waals surface area contributed by atoms with Gasteiger partial charge >= 0.3 is 0 Å². The van der Waals surface area contributed by atoms with Crippen LogP contribution in [0.15, 0.2) is 89.8 Å². The van der Waals surface area contributed by atoms with Gasteiger partial charge in [-0.2, -0.15) is 0 Å². The van der Waals surface area contributed by atoms with E-state index in [1.807, 2.05) is 66.7 Å². The lowest BCUT2D eigenvalue weighted by molar-refractivity contribution is -0.129. The number of hydrogen-bond donors (Lipinski definition) is 3. The molecule has 9 heteroatoms. The quantitative estimate of drug-likeness (QED) is 0.468. The summed E-state index contributed by atoms with van der Waals surface area (Å²) in [4.78, 5) is 54.3. The van der Waals surface area contributed by atoms with Gasteiger partial charge in [0.1, 0.15) is 18.6 Å². The average molecular weight is 515 g/mol. The second-order valence-electron chi connectivity index (χ2n) is 8.90. The average Bonchev–Trinajstić information content (AvgIpc) is 3.32. The number of thioether (sulfide) groups is 1. The molecule has 5 rings (SSSR count). The standard InChI is InChI=1S/C28H26N4O4S/c33-23-16-15-20(30-23)27(35)31-25-26(18-9-3-1-4-10-18)37-22-14-8-7-13-21(22)32(28(25)36)17-24(34)29-19-11-5-2-6-12-19/h1-14,20,25-26H,15-17H2,(H,29,34)(H,30,33)(H,31,35)/t20-,25-,26+/m0/s1. The summed E-state index contributed by atoms with van der Waals surface area (Å²) in [7, 11) is 0. The van der Waals surface area contributed by atoms with E-state index in [4.69, 9.17) is 0 Å². The largest absolute Gasteiger partial charge is 0.344 e. The maximum absolute atomic E-state index is 14.1. The zero-order valence-corrected chi connectivity index (χ0v) is 20.7. The van der Waals surface area contributed by atoms with Crippen LogP contribution in [0.1, 0.15) is 23.7 Å². The fraction of sp³-hybridized carbons (Fsp3) is 0.214. The number of amides is 4. The van der Waals surface area contributed by atoms with E-state index in [9.17, 15) is 19.2 Å². The van der Waals surface area contributed by atoms with Gasteiger partial charge in [-0.25, -0.2) is 0 Å². The first-order valence-corrected chi connectivity index (χ1v) is 12.9. The van der Waals surface area contributed by atoms with E-state index in [0.717, 1.165) is 10.5 Å². The van der Waals surface area contributed by atoms with E-state index in [1.165, 1.54) is 16.7 Å². The number of anilines is 2. The van der Waals surface area contributed by atoms with Crippen LogP contribution in [0.4, 0.5) is 11.4 Å². The van der Waals surface area contributed by atoms with E-state index in [2.05, 4.69) is 16.0 Å². The molecule has 0 aliphatic carbocycles. The van der Waals surface area contributed by atoms with Gasteiger partial charge < -0.3 is 20.9 Å². The fourth-order valence-corrected chi connectivity index (χ4v) is 5.88. The van der Waals surface area contributed by atoms with Crippen molar-refractivity contribution in [1.82, 2.24) is 10.6 Å². The van der Waals surface area contributed by atoms with E-state index in [-0.39, 0.29) is 24.8 Å². The van der Waals surface area contributed by atoms with Crippen molar-refractivity contribution in [3.05, 3.63) is 90.5 Å². The van der Waals surface area contributed by atoms with Crippen molar-refractivity contribution in [3.8, 4) is 0 Å². The molecule has 3 atom stereocenters. The van der Waals surface area contributed by atoms with Crippen LogP contribution in [0.5, 0.6) is 0 Å². The molecule has 3 aromatic carbocycles. The number of rotatable bonds is 6. The van der Waals surface area contributed by atoms with Gasteiger partial charge in [0.2, 0.25) is 17.7 Å². The molecule has 1 saturated heterocycles. The highest BCUT2D eigenvalue weighted by Crippen LogP contribution is 2.45. The number of carbonyl (C=O) groups excluding carboxylic acids is 4. The third kappa shape index (κ3) is 5.51. The number of nitrogens with zero attached hydrogens (tertiary/aromatic N) is 1. The molecule has 0 unspecified atom stereocenters. The summed E-state index contributed by atoms with van der Waals surface area (Å²) in [6.07, 6.45) is 0.642. The van der Waals surface area contributed by atoms with Crippen LogP contribution in [-0.4, -0.2) is 42.3 Å². The molecular formula is C28H26N4O4S. The van der Waals surface area contributed by atoms with Crippen molar-refractivity contribution in [2.45, 2.75) is 35.1 Å². The molecule has 3 aromatic rings. The van der Waals surface area contributed by atoms with Crippen molar-refractivity contribution in [2.24, 2.45) is 0 Å². The third-order valence-electron chi connectivity index (χ3n) is 6.34. The SMILES string of the molecule is O=C(CN1C(=O)[C@@H](NC(=O)[C@@H]2CCC(=O)N2)[C@@H](c2ccccc2)Sc2ccccc21)Nc1ccccc1. The van der Waals surface area contributed by atoms with Gasteiger partial charge in [0.05, 0.1) is 10.9 Å². The lowest BCUT2D eigenvalue weighted by Gasteiger charge is -2.29. The van der Waals surface area contributed by atoms with Gasteiger partial charge in [-0.1, -0.05) is 60.7 Å². The Morgan fingerprint density at radius 1 is 0.919 bits per heavy atom. The second kappa shape index (κ2) is 10.9. The Kier molecular flexibility index (Phi) is 7.23. The molecule has 0 saturated carbocycles. The van der Waals surface area contributed by atoms with Crippen molar-refractivity contribution < 1.29 is 19.2 Å². The van der Waals surface area contributed by atoms with E-state index in [0.29, 0.717) is 17.8 Å². The number of para-hydroxylation sites is 2. The summed E-state index contributed by atoms with van der Waals surface area (Å²) >= 11 is 1.47. The predicted octanol–water partition coefficient (Wildman–Crippen LogP) is 3.27. The highest BCUT2D eigenvalue weighted by Gasteiger charge is 2.41. The molecule has 0 radical (unpaired) electrons. The number of hydrogen-bond acceptors (Lipinski definition) is 5. The topological polar surface area (TPSA) is 108 Å². The molecule has 2 aliphatic heterocycles. The number of benzene rings is 3. The van der Waals surface area contributed by atoms with E-state index in [1.54, 1.807) is 18.2 Å². The Labute approximate surface area is 218 Å². The first-order chi connectivity index (χ1) is 18.0. The summed E-state index contributed by atoms with van der Waals surface area (Å²) in [5, 5.41) is 7.97. The first-order valence-electron chi connectivity index (χ1n) is 12.1. The van der Waals surface area contributed by atoms with Crippen molar-refractivity contribution in [1.29, 1.82) is 0 Å². The Balaban J connectivity index is 1.49. The fourth-order valence-electron chi connectivity index (χ4n) is 4.53. The van der Waals surface area contributed by atoms with Crippen LogP contribution in [-0.2, 0) is 19.2 Å². The van der Waals surface area contributed by atoms with Crippen LogP contribution in [0.3, 0.4) is 0 Å². The first kappa shape index (κ1) is 24.6. The molecule has 188 valence electrons.